The maximum atomic E-state index is 6.01. The van der Waals surface area contributed by atoms with Crippen LogP contribution in [0.5, 0.6) is 0 Å². The molecule has 0 bridgehead atoms. The Bertz CT molecular complexity index is 337. The molecular weight excluding hydrogens is 212 g/mol. The Morgan fingerprint density at radius 2 is 2.07 bits per heavy atom. The molecule has 1 saturated heterocycles. The van der Waals surface area contributed by atoms with Crippen LogP contribution in [0.4, 0.5) is 5.69 Å². The van der Waals surface area contributed by atoms with E-state index in [1.807, 2.05) is 12.1 Å². The molecule has 1 aromatic rings. The minimum Gasteiger partial charge on any atom is -0.378 e. The third-order valence-corrected chi connectivity index (χ3v) is 2.99. The zero-order valence-corrected chi connectivity index (χ0v) is 9.33. The van der Waals surface area contributed by atoms with E-state index in [1.165, 1.54) is 5.69 Å². The van der Waals surface area contributed by atoms with Gasteiger partial charge in [-0.3, -0.25) is 0 Å². The molecule has 1 aromatic carbocycles. The Balaban J connectivity index is 2.20. The molecular formula is C11H15ClN2O. The minimum atomic E-state index is 0.483. The monoisotopic (exact) mass is 226 g/mol. The van der Waals surface area contributed by atoms with Crippen molar-refractivity contribution in [3.63, 3.8) is 0 Å². The topological polar surface area (TPSA) is 38.5 Å². The quantitative estimate of drug-likeness (QED) is 0.833. The lowest BCUT2D eigenvalue weighted by atomic mass is 10.2. The van der Waals surface area contributed by atoms with E-state index in [-0.39, 0.29) is 0 Å². The summed E-state index contributed by atoms with van der Waals surface area (Å²) in [5.74, 6) is 0. The van der Waals surface area contributed by atoms with Gasteiger partial charge in [0.15, 0.2) is 0 Å². The number of nitrogens with zero attached hydrogens (tertiary/aromatic N) is 1. The van der Waals surface area contributed by atoms with Gasteiger partial charge >= 0.3 is 0 Å². The lowest BCUT2D eigenvalue weighted by Gasteiger charge is -2.29. The van der Waals surface area contributed by atoms with Crippen LogP contribution in [0.2, 0.25) is 5.02 Å². The van der Waals surface area contributed by atoms with Crippen LogP contribution in [-0.2, 0) is 11.3 Å². The van der Waals surface area contributed by atoms with Crippen molar-refractivity contribution in [2.75, 3.05) is 31.2 Å². The van der Waals surface area contributed by atoms with Crippen molar-refractivity contribution < 1.29 is 4.74 Å². The highest BCUT2D eigenvalue weighted by molar-refractivity contribution is 6.31. The van der Waals surface area contributed by atoms with Gasteiger partial charge in [0.25, 0.3) is 0 Å². The van der Waals surface area contributed by atoms with Gasteiger partial charge in [0.05, 0.1) is 13.2 Å². The summed E-state index contributed by atoms with van der Waals surface area (Å²) in [6, 6.07) is 6.01. The normalized spacial score (nSPS) is 16.8. The zero-order valence-electron chi connectivity index (χ0n) is 8.58. The molecule has 1 heterocycles. The first-order valence-electron chi connectivity index (χ1n) is 5.12. The van der Waals surface area contributed by atoms with E-state index < -0.39 is 0 Å². The molecule has 0 atom stereocenters. The average Bonchev–Trinajstić information content (AvgIpc) is 2.31. The Labute approximate surface area is 94.8 Å². The van der Waals surface area contributed by atoms with Crippen LogP contribution in [0.1, 0.15) is 5.56 Å². The molecule has 82 valence electrons. The summed E-state index contributed by atoms with van der Waals surface area (Å²) in [6.07, 6.45) is 0. The summed E-state index contributed by atoms with van der Waals surface area (Å²) in [7, 11) is 0. The summed E-state index contributed by atoms with van der Waals surface area (Å²) in [5, 5.41) is 0.745. The molecule has 0 saturated carbocycles. The van der Waals surface area contributed by atoms with Crippen molar-refractivity contribution in [3.8, 4) is 0 Å². The van der Waals surface area contributed by atoms with E-state index in [0.29, 0.717) is 6.54 Å². The van der Waals surface area contributed by atoms with Crippen molar-refractivity contribution in [2.24, 2.45) is 5.73 Å². The SMILES string of the molecule is NCc1cc(N2CCOCC2)ccc1Cl. The highest BCUT2D eigenvalue weighted by atomic mass is 35.5. The highest BCUT2D eigenvalue weighted by Crippen LogP contribution is 2.23. The van der Waals surface area contributed by atoms with E-state index in [0.717, 1.165) is 36.9 Å². The van der Waals surface area contributed by atoms with Crippen molar-refractivity contribution in [3.05, 3.63) is 28.8 Å². The number of anilines is 1. The third kappa shape index (κ3) is 2.43. The molecule has 0 amide bonds. The van der Waals surface area contributed by atoms with Gasteiger partial charge in [-0.1, -0.05) is 11.6 Å². The first-order chi connectivity index (χ1) is 7.31. The second kappa shape index (κ2) is 4.84. The molecule has 1 fully saturated rings. The van der Waals surface area contributed by atoms with Crippen LogP contribution in [-0.4, -0.2) is 26.3 Å². The number of ether oxygens (including phenoxy) is 1. The zero-order chi connectivity index (χ0) is 10.7. The molecule has 0 aromatic heterocycles. The van der Waals surface area contributed by atoms with Crippen LogP contribution in [0.15, 0.2) is 18.2 Å². The molecule has 0 aliphatic carbocycles. The van der Waals surface area contributed by atoms with Gasteiger partial charge in [0, 0.05) is 30.3 Å². The second-order valence-corrected chi connectivity index (χ2v) is 3.99. The number of rotatable bonds is 2. The van der Waals surface area contributed by atoms with Crippen molar-refractivity contribution in [1.82, 2.24) is 0 Å². The first-order valence-corrected chi connectivity index (χ1v) is 5.50. The van der Waals surface area contributed by atoms with Gasteiger partial charge in [-0.05, 0) is 23.8 Å². The molecule has 3 nitrogen and oxygen atoms in total. The van der Waals surface area contributed by atoms with Crippen LogP contribution in [0.3, 0.4) is 0 Å². The number of morpholine rings is 1. The predicted molar refractivity (Wildman–Crippen MR) is 62.4 cm³/mol. The molecule has 15 heavy (non-hydrogen) atoms. The van der Waals surface area contributed by atoms with Gasteiger partial charge in [-0.15, -0.1) is 0 Å². The number of benzene rings is 1. The smallest absolute Gasteiger partial charge is 0.0642 e. The molecule has 1 aliphatic rings. The van der Waals surface area contributed by atoms with Gasteiger partial charge < -0.3 is 15.4 Å². The van der Waals surface area contributed by atoms with Crippen molar-refractivity contribution in [1.29, 1.82) is 0 Å². The maximum Gasteiger partial charge on any atom is 0.0642 e. The van der Waals surface area contributed by atoms with Gasteiger partial charge in [0.2, 0.25) is 0 Å². The standard InChI is InChI=1S/C11H15ClN2O/c12-11-2-1-10(7-9(11)8-13)14-3-5-15-6-4-14/h1-2,7H,3-6,8,13H2. The second-order valence-electron chi connectivity index (χ2n) is 3.58. The highest BCUT2D eigenvalue weighted by Gasteiger charge is 2.12. The Morgan fingerprint density at radius 3 is 2.73 bits per heavy atom. The molecule has 2 rings (SSSR count). The van der Waals surface area contributed by atoms with E-state index >= 15 is 0 Å². The lowest BCUT2D eigenvalue weighted by molar-refractivity contribution is 0.122. The number of hydrogen-bond acceptors (Lipinski definition) is 3. The summed E-state index contributed by atoms with van der Waals surface area (Å²) >= 11 is 6.01. The number of hydrogen-bond donors (Lipinski definition) is 1. The van der Waals surface area contributed by atoms with Crippen LogP contribution < -0.4 is 10.6 Å². The largest absolute Gasteiger partial charge is 0.378 e. The van der Waals surface area contributed by atoms with Gasteiger partial charge in [-0.25, -0.2) is 0 Å². The fourth-order valence-corrected chi connectivity index (χ4v) is 1.93. The Hall–Kier alpha value is -0.770. The predicted octanol–water partition coefficient (Wildman–Crippen LogP) is 1.64. The fourth-order valence-electron chi connectivity index (χ4n) is 1.74. The van der Waals surface area contributed by atoms with Gasteiger partial charge in [0.1, 0.15) is 0 Å². The molecule has 2 N–H and O–H groups in total. The summed E-state index contributed by atoms with van der Waals surface area (Å²) in [5.41, 5.74) is 7.81. The van der Waals surface area contributed by atoms with E-state index in [4.69, 9.17) is 22.1 Å². The molecule has 0 spiro atoms. The maximum absolute atomic E-state index is 6.01. The average molecular weight is 227 g/mol. The third-order valence-electron chi connectivity index (χ3n) is 2.63. The summed E-state index contributed by atoms with van der Waals surface area (Å²) in [6.45, 7) is 3.94. The molecule has 4 heteroatoms. The number of nitrogens with two attached hydrogens (primary N) is 1. The molecule has 0 radical (unpaired) electrons. The molecule has 0 unspecified atom stereocenters. The lowest BCUT2D eigenvalue weighted by Crippen LogP contribution is -2.36. The van der Waals surface area contributed by atoms with Crippen molar-refractivity contribution >= 4 is 17.3 Å². The Kier molecular flexibility index (Phi) is 3.46. The summed E-state index contributed by atoms with van der Waals surface area (Å²) < 4.78 is 5.31. The first kappa shape index (κ1) is 10.7. The Morgan fingerprint density at radius 1 is 1.33 bits per heavy atom. The molecule has 1 aliphatic heterocycles. The van der Waals surface area contributed by atoms with E-state index in [1.54, 1.807) is 0 Å². The van der Waals surface area contributed by atoms with Gasteiger partial charge in [-0.2, -0.15) is 0 Å². The van der Waals surface area contributed by atoms with Crippen LogP contribution in [0, 0.1) is 0 Å². The number of halogens is 1. The van der Waals surface area contributed by atoms with Crippen LogP contribution in [0.25, 0.3) is 0 Å². The fraction of sp³-hybridized carbons (Fsp3) is 0.455. The minimum absolute atomic E-state index is 0.483. The summed E-state index contributed by atoms with van der Waals surface area (Å²) in [4.78, 5) is 2.29. The van der Waals surface area contributed by atoms with E-state index in [2.05, 4.69) is 11.0 Å². The van der Waals surface area contributed by atoms with Crippen LogP contribution >= 0.6 is 11.6 Å². The van der Waals surface area contributed by atoms with E-state index in [9.17, 15) is 0 Å². The van der Waals surface area contributed by atoms with Crippen molar-refractivity contribution in [2.45, 2.75) is 6.54 Å².